The molecule has 202 valence electrons. The first-order chi connectivity index (χ1) is 17.6. The lowest BCUT2D eigenvalue weighted by molar-refractivity contribution is -0.122. The minimum atomic E-state index is -3.40. The molecule has 1 aromatic carbocycles. The third-order valence-corrected chi connectivity index (χ3v) is 9.46. The van der Waals surface area contributed by atoms with E-state index in [4.69, 9.17) is 5.73 Å². The van der Waals surface area contributed by atoms with Gasteiger partial charge in [-0.3, -0.25) is 9.59 Å². The van der Waals surface area contributed by atoms with Crippen LogP contribution in [0.2, 0.25) is 0 Å². The van der Waals surface area contributed by atoms with Crippen molar-refractivity contribution in [3.05, 3.63) is 40.3 Å². The maximum atomic E-state index is 14.0. The van der Waals surface area contributed by atoms with Crippen LogP contribution in [0.5, 0.6) is 0 Å². The van der Waals surface area contributed by atoms with Crippen LogP contribution in [-0.2, 0) is 14.8 Å². The minimum absolute atomic E-state index is 0.0399. The van der Waals surface area contributed by atoms with Crippen molar-refractivity contribution in [2.75, 3.05) is 43.0 Å². The number of rotatable bonds is 10. The van der Waals surface area contributed by atoms with Crippen molar-refractivity contribution < 1.29 is 26.8 Å². The van der Waals surface area contributed by atoms with Gasteiger partial charge in [0.1, 0.15) is 22.3 Å². The summed E-state index contributed by atoms with van der Waals surface area (Å²) in [5.41, 5.74) is 5.18. The molecule has 0 aliphatic carbocycles. The van der Waals surface area contributed by atoms with Crippen molar-refractivity contribution >= 4 is 44.0 Å². The van der Waals surface area contributed by atoms with Gasteiger partial charge in [-0.15, -0.1) is 0 Å². The SMILES string of the molecule is Nc1nc(NC2CCN(S(=O)(=O)CCCN[C@H]3CCC(=O)NC3)CC2)sc1C(=O)c1c(F)cccc1F. The number of carbonyl (C=O) groups excluding carboxylic acids is 2. The minimum Gasteiger partial charge on any atom is -0.382 e. The summed E-state index contributed by atoms with van der Waals surface area (Å²) in [7, 11) is -3.40. The van der Waals surface area contributed by atoms with Crippen LogP contribution in [0.25, 0.3) is 0 Å². The average Bonchev–Trinajstić information content (AvgIpc) is 3.23. The molecule has 1 aromatic heterocycles. The number of nitrogens with one attached hydrogen (secondary N) is 3. The fourth-order valence-corrected chi connectivity index (χ4v) is 6.88. The van der Waals surface area contributed by atoms with E-state index in [2.05, 4.69) is 20.9 Å². The topological polar surface area (TPSA) is 147 Å². The molecule has 2 saturated heterocycles. The lowest BCUT2D eigenvalue weighted by Gasteiger charge is -2.31. The van der Waals surface area contributed by atoms with Gasteiger partial charge < -0.3 is 21.7 Å². The molecule has 37 heavy (non-hydrogen) atoms. The standard InChI is InChI=1S/C23H30F2N6O4S2/c24-16-3-1-4-17(25)19(16)20(33)21-22(26)30-23(36-21)29-14-7-10-31(11-8-14)37(34,35)12-2-9-27-15-5-6-18(32)28-13-15/h1,3-4,14-15,27H,2,5-13,26H2,(H,28,32)(H,29,30)/t15-/m0/s1. The zero-order valence-electron chi connectivity index (χ0n) is 20.1. The molecule has 0 saturated carbocycles. The molecule has 1 atom stereocenters. The summed E-state index contributed by atoms with van der Waals surface area (Å²) in [5.74, 6) is -2.85. The summed E-state index contributed by atoms with van der Waals surface area (Å²) < 4.78 is 55.0. The van der Waals surface area contributed by atoms with Gasteiger partial charge >= 0.3 is 0 Å². The summed E-state index contributed by atoms with van der Waals surface area (Å²) in [5, 5.41) is 9.59. The number of aromatic nitrogens is 1. The van der Waals surface area contributed by atoms with E-state index in [0.29, 0.717) is 57.0 Å². The van der Waals surface area contributed by atoms with Crippen LogP contribution >= 0.6 is 11.3 Å². The summed E-state index contributed by atoms with van der Waals surface area (Å²) in [6.07, 6.45) is 2.77. The molecule has 5 N–H and O–H groups in total. The first-order valence-corrected chi connectivity index (χ1v) is 14.6. The second-order valence-electron chi connectivity index (χ2n) is 9.14. The Morgan fingerprint density at radius 3 is 2.54 bits per heavy atom. The van der Waals surface area contributed by atoms with E-state index < -0.39 is 33.0 Å². The van der Waals surface area contributed by atoms with Gasteiger partial charge in [0.25, 0.3) is 0 Å². The number of benzene rings is 1. The number of thiazole rings is 1. The fraction of sp³-hybridized carbons (Fsp3) is 0.522. The van der Waals surface area contributed by atoms with E-state index in [1.54, 1.807) is 0 Å². The van der Waals surface area contributed by atoms with Crippen molar-refractivity contribution in [1.82, 2.24) is 19.9 Å². The Balaban J connectivity index is 1.25. The Morgan fingerprint density at radius 1 is 1.19 bits per heavy atom. The van der Waals surface area contributed by atoms with Crippen molar-refractivity contribution in [2.24, 2.45) is 0 Å². The van der Waals surface area contributed by atoms with Gasteiger partial charge in [-0.1, -0.05) is 17.4 Å². The highest BCUT2D eigenvalue weighted by atomic mass is 32.2. The van der Waals surface area contributed by atoms with Gasteiger partial charge in [-0.2, -0.15) is 0 Å². The van der Waals surface area contributed by atoms with Crippen molar-refractivity contribution in [3.63, 3.8) is 0 Å². The van der Waals surface area contributed by atoms with Crippen molar-refractivity contribution in [2.45, 2.75) is 44.2 Å². The van der Waals surface area contributed by atoms with Crippen LogP contribution in [0.15, 0.2) is 18.2 Å². The molecule has 2 aliphatic rings. The molecule has 0 spiro atoms. The number of carbonyl (C=O) groups is 2. The number of sulfonamides is 1. The molecular weight excluding hydrogens is 526 g/mol. The van der Waals surface area contributed by atoms with Crippen molar-refractivity contribution in [1.29, 1.82) is 0 Å². The third kappa shape index (κ3) is 6.80. The molecule has 2 aromatic rings. The molecular formula is C23H30F2N6O4S2. The monoisotopic (exact) mass is 556 g/mol. The van der Waals surface area contributed by atoms with Crippen LogP contribution in [0.3, 0.4) is 0 Å². The van der Waals surface area contributed by atoms with E-state index in [1.165, 1.54) is 10.4 Å². The number of halogens is 2. The Kier molecular flexibility index (Phi) is 8.72. The molecule has 0 unspecified atom stereocenters. The van der Waals surface area contributed by atoms with Gasteiger partial charge in [0.05, 0.1) is 11.3 Å². The highest BCUT2D eigenvalue weighted by molar-refractivity contribution is 7.89. The third-order valence-electron chi connectivity index (χ3n) is 6.50. The molecule has 0 radical (unpaired) electrons. The lowest BCUT2D eigenvalue weighted by atomic mass is 10.1. The van der Waals surface area contributed by atoms with E-state index in [9.17, 15) is 26.8 Å². The highest BCUT2D eigenvalue weighted by Crippen LogP contribution is 2.30. The van der Waals surface area contributed by atoms with Gasteiger partial charge in [-0.25, -0.2) is 26.5 Å². The molecule has 4 rings (SSSR count). The number of nitrogens with two attached hydrogens (primary N) is 1. The van der Waals surface area contributed by atoms with E-state index in [1.807, 2.05) is 0 Å². The Bertz CT molecular complexity index is 1220. The number of anilines is 2. The van der Waals surface area contributed by atoms with Gasteiger partial charge in [0, 0.05) is 38.1 Å². The number of nitrogens with zero attached hydrogens (tertiary/aromatic N) is 2. The van der Waals surface area contributed by atoms with E-state index in [0.717, 1.165) is 29.9 Å². The highest BCUT2D eigenvalue weighted by Gasteiger charge is 2.29. The molecule has 1 amide bonds. The zero-order chi connectivity index (χ0) is 26.6. The number of hydrogen-bond donors (Lipinski definition) is 4. The van der Waals surface area contributed by atoms with Gasteiger partial charge in [-0.05, 0) is 44.4 Å². The number of amides is 1. The predicted molar refractivity (Wildman–Crippen MR) is 137 cm³/mol. The number of ketones is 1. The summed E-state index contributed by atoms with van der Waals surface area (Å²) >= 11 is 0.913. The first-order valence-electron chi connectivity index (χ1n) is 12.1. The summed E-state index contributed by atoms with van der Waals surface area (Å²) in [4.78, 5) is 28.0. The second-order valence-corrected chi connectivity index (χ2v) is 12.2. The fourth-order valence-electron chi connectivity index (χ4n) is 4.43. The van der Waals surface area contributed by atoms with Gasteiger partial charge in [0.15, 0.2) is 5.13 Å². The normalized spacial score (nSPS) is 19.5. The maximum absolute atomic E-state index is 14.0. The first kappa shape index (κ1) is 27.4. The van der Waals surface area contributed by atoms with Gasteiger partial charge in [0.2, 0.25) is 21.7 Å². The Hall–Kier alpha value is -2.68. The van der Waals surface area contributed by atoms with E-state index >= 15 is 0 Å². The lowest BCUT2D eigenvalue weighted by Crippen LogP contribution is -2.46. The molecule has 2 fully saturated rings. The smallest absolute Gasteiger partial charge is 0.220 e. The maximum Gasteiger partial charge on any atom is 0.220 e. The average molecular weight is 557 g/mol. The molecule has 14 heteroatoms. The molecule has 2 aliphatic heterocycles. The summed E-state index contributed by atoms with van der Waals surface area (Å²) in [6, 6.07) is 3.26. The molecule has 0 bridgehead atoms. The Morgan fingerprint density at radius 2 is 1.89 bits per heavy atom. The number of hydrogen-bond acceptors (Lipinski definition) is 9. The van der Waals surface area contributed by atoms with Crippen LogP contribution in [-0.4, -0.2) is 73.4 Å². The van der Waals surface area contributed by atoms with E-state index in [-0.39, 0.29) is 34.4 Å². The van der Waals surface area contributed by atoms with Crippen LogP contribution in [0, 0.1) is 11.6 Å². The van der Waals surface area contributed by atoms with Crippen molar-refractivity contribution in [3.8, 4) is 0 Å². The van der Waals surface area contributed by atoms with Crippen LogP contribution in [0.4, 0.5) is 19.7 Å². The zero-order valence-corrected chi connectivity index (χ0v) is 21.8. The van der Waals surface area contributed by atoms with Crippen LogP contribution < -0.4 is 21.7 Å². The number of piperidine rings is 2. The Labute approximate surface area is 218 Å². The number of nitrogen functional groups attached to an aromatic ring is 1. The molecule has 3 heterocycles. The second kappa shape index (κ2) is 11.8. The summed E-state index contributed by atoms with van der Waals surface area (Å²) in [6.45, 7) is 1.80. The van der Waals surface area contributed by atoms with Crippen LogP contribution in [0.1, 0.15) is 47.3 Å². The molecule has 10 nitrogen and oxygen atoms in total. The quantitative estimate of drug-likeness (QED) is 0.256. The predicted octanol–water partition coefficient (Wildman–Crippen LogP) is 1.70. The largest absolute Gasteiger partial charge is 0.382 e.